The van der Waals surface area contributed by atoms with E-state index < -0.39 is 11.6 Å². The third kappa shape index (κ3) is 2.30. The zero-order valence-corrected chi connectivity index (χ0v) is 12.3. The smallest absolute Gasteiger partial charge is 0.322 e. The van der Waals surface area contributed by atoms with E-state index in [1.807, 2.05) is 48.5 Å². The highest BCUT2D eigenvalue weighted by Gasteiger charge is 2.43. The van der Waals surface area contributed by atoms with Gasteiger partial charge in [-0.05, 0) is 41.8 Å². The minimum absolute atomic E-state index is 0.347. The van der Waals surface area contributed by atoms with Gasteiger partial charge in [0.05, 0.1) is 7.11 Å². The van der Waals surface area contributed by atoms with Crippen LogP contribution in [0.2, 0.25) is 0 Å². The summed E-state index contributed by atoms with van der Waals surface area (Å²) in [7, 11) is 1.62. The lowest BCUT2D eigenvalue weighted by atomic mass is 9.90. The Hall–Kier alpha value is -2.82. The Morgan fingerprint density at radius 3 is 2.32 bits per heavy atom. The number of hydrogen-bond donors (Lipinski definition) is 2. The topological polar surface area (TPSA) is 67.4 Å². The van der Waals surface area contributed by atoms with Gasteiger partial charge in [0.1, 0.15) is 11.3 Å². The molecule has 1 aliphatic heterocycles. The number of rotatable bonds is 3. The molecule has 1 heterocycles. The van der Waals surface area contributed by atoms with Crippen LogP contribution < -0.4 is 15.4 Å². The molecule has 2 aromatic rings. The summed E-state index contributed by atoms with van der Waals surface area (Å²) in [6.45, 7) is 1.69. The molecule has 0 aliphatic carbocycles. The predicted octanol–water partition coefficient (Wildman–Crippen LogP) is 2.42. The van der Waals surface area contributed by atoms with Gasteiger partial charge in [-0.1, -0.05) is 30.3 Å². The zero-order chi connectivity index (χ0) is 15.7. The van der Waals surface area contributed by atoms with E-state index in [0.717, 1.165) is 22.4 Å². The maximum Gasteiger partial charge on any atom is 0.322 e. The first-order valence-corrected chi connectivity index (χ1v) is 6.91. The van der Waals surface area contributed by atoms with Crippen molar-refractivity contribution in [2.45, 2.75) is 12.5 Å². The Morgan fingerprint density at radius 2 is 1.68 bits per heavy atom. The van der Waals surface area contributed by atoms with Crippen molar-refractivity contribution in [3.8, 4) is 16.9 Å². The third-order valence-electron chi connectivity index (χ3n) is 3.89. The van der Waals surface area contributed by atoms with Crippen molar-refractivity contribution in [3.05, 3.63) is 54.1 Å². The van der Waals surface area contributed by atoms with Crippen LogP contribution in [0.4, 0.5) is 4.79 Å². The van der Waals surface area contributed by atoms with Crippen LogP contribution >= 0.6 is 0 Å². The largest absolute Gasteiger partial charge is 0.497 e. The Balaban J connectivity index is 2.03. The van der Waals surface area contributed by atoms with E-state index in [4.69, 9.17) is 4.74 Å². The molecule has 5 nitrogen and oxygen atoms in total. The number of benzene rings is 2. The first-order chi connectivity index (χ1) is 10.5. The van der Waals surface area contributed by atoms with E-state index in [2.05, 4.69) is 10.6 Å². The number of methoxy groups -OCH3 is 1. The van der Waals surface area contributed by atoms with E-state index in [-0.39, 0.29) is 5.91 Å². The van der Waals surface area contributed by atoms with Crippen LogP contribution in [0, 0.1) is 0 Å². The molecule has 0 spiro atoms. The Labute approximate surface area is 128 Å². The van der Waals surface area contributed by atoms with Gasteiger partial charge in [-0.25, -0.2) is 4.79 Å². The lowest BCUT2D eigenvalue weighted by Gasteiger charge is -2.21. The SMILES string of the molecule is COc1cccc(-c2cccc(C3(C)NC(=O)NC3=O)c2)c1. The number of amides is 3. The molecule has 1 atom stereocenters. The summed E-state index contributed by atoms with van der Waals surface area (Å²) >= 11 is 0. The minimum Gasteiger partial charge on any atom is -0.497 e. The highest BCUT2D eigenvalue weighted by Crippen LogP contribution is 2.30. The van der Waals surface area contributed by atoms with Gasteiger partial charge in [0, 0.05) is 0 Å². The molecule has 3 amide bonds. The third-order valence-corrected chi connectivity index (χ3v) is 3.89. The molecule has 0 bridgehead atoms. The lowest BCUT2D eigenvalue weighted by molar-refractivity contribution is -0.123. The van der Waals surface area contributed by atoms with Crippen molar-refractivity contribution in [3.63, 3.8) is 0 Å². The summed E-state index contributed by atoms with van der Waals surface area (Å²) in [4.78, 5) is 23.5. The second kappa shape index (κ2) is 5.18. The van der Waals surface area contributed by atoms with Gasteiger partial charge in [-0.15, -0.1) is 0 Å². The van der Waals surface area contributed by atoms with Gasteiger partial charge < -0.3 is 10.1 Å². The fourth-order valence-corrected chi connectivity index (χ4v) is 2.56. The summed E-state index contributed by atoms with van der Waals surface area (Å²) in [6.07, 6.45) is 0. The van der Waals surface area contributed by atoms with E-state index in [1.54, 1.807) is 14.0 Å². The molecule has 0 radical (unpaired) electrons. The zero-order valence-electron chi connectivity index (χ0n) is 12.3. The van der Waals surface area contributed by atoms with Crippen molar-refractivity contribution in [1.82, 2.24) is 10.6 Å². The number of carbonyl (C=O) groups excluding carboxylic acids is 2. The highest BCUT2D eigenvalue weighted by atomic mass is 16.5. The monoisotopic (exact) mass is 296 g/mol. The summed E-state index contributed by atoms with van der Waals surface area (Å²) in [5, 5.41) is 4.95. The number of ether oxygens (including phenoxy) is 1. The van der Waals surface area contributed by atoms with E-state index in [1.165, 1.54) is 0 Å². The van der Waals surface area contributed by atoms with Crippen LogP contribution in [-0.4, -0.2) is 19.0 Å². The average molecular weight is 296 g/mol. The van der Waals surface area contributed by atoms with Crippen molar-refractivity contribution < 1.29 is 14.3 Å². The number of carbonyl (C=O) groups is 2. The van der Waals surface area contributed by atoms with Gasteiger partial charge in [-0.3, -0.25) is 10.1 Å². The molecule has 1 saturated heterocycles. The molecular weight excluding hydrogens is 280 g/mol. The van der Waals surface area contributed by atoms with Crippen LogP contribution in [-0.2, 0) is 10.3 Å². The van der Waals surface area contributed by atoms with Gasteiger partial charge in [0.2, 0.25) is 0 Å². The molecule has 2 aromatic carbocycles. The number of urea groups is 1. The van der Waals surface area contributed by atoms with Crippen molar-refractivity contribution in [2.24, 2.45) is 0 Å². The van der Waals surface area contributed by atoms with Crippen molar-refractivity contribution in [2.75, 3.05) is 7.11 Å². The Morgan fingerprint density at radius 1 is 1.00 bits per heavy atom. The van der Waals surface area contributed by atoms with E-state index >= 15 is 0 Å². The van der Waals surface area contributed by atoms with Crippen LogP contribution in [0.3, 0.4) is 0 Å². The second-order valence-electron chi connectivity index (χ2n) is 5.35. The number of nitrogens with one attached hydrogen (secondary N) is 2. The highest BCUT2D eigenvalue weighted by molar-refractivity contribution is 6.07. The summed E-state index contributed by atoms with van der Waals surface area (Å²) < 4.78 is 5.24. The quantitative estimate of drug-likeness (QED) is 0.855. The lowest BCUT2D eigenvalue weighted by Crippen LogP contribution is -2.40. The van der Waals surface area contributed by atoms with Crippen molar-refractivity contribution in [1.29, 1.82) is 0 Å². The molecule has 112 valence electrons. The van der Waals surface area contributed by atoms with E-state index in [9.17, 15) is 9.59 Å². The molecule has 1 unspecified atom stereocenters. The van der Waals surface area contributed by atoms with Gasteiger partial charge in [0.15, 0.2) is 0 Å². The molecule has 0 saturated carbocycles. The first-order valence-electron chi connectivity index (χ1n) is 6.91. The minimum atomic E-state index is -1.05. The van der Waals surface area contributed by atoms with Gasteiger partial charge in [-0.2, -0.15) is 0 Å². The maximum atomic E-state index is 12.0. The van der Waals surface area contributed by atoms with Gasteiger partial charge in [0.25, 0.3) is 5.91 Å². The standard InChI is InChI=1S/C17H16N2O3/c1-17(15(20)18-16(21)19-17)13-7-3-5-11(9-13)12-6-4-8-14(10-12)22-2/h3-10H,1-2H3,(H2,18,19,20,21). The van der Waals surface area contributed by atoms with Crippen molar-refractivity contribution >= 4 is 11.9 Å². The van der Waals surface area contributed by atoms with Crippen LogP contribution in [0.25, 0.3) is 11.1 Å². The Bertz CT molecular complexity index is 757. The molecule has 22 heavy (non-hydrogen) atoms. The molecule has 1 fully saturated rings. The number of hydrogen-bond acceptors (Lipinski definition) is 3. The average Bonchev–Trinajstić information content (AvgIpc) is 2.81. The van der Waals surface area contributed by atoms with Crippen LogP contribution in [0.15, 0.2) is 48.5 Å². The normalized spacial score (nSPS) is 20.5. The first kappa shape index (κ1) is 14.1. The molecule has 2 N–H and O–H groups in total. The molecule has 1 aliphatic rings. The summed E-state index contributed by atoms with van der Waals surface area (Å²) in [6, 6.07) is 14.8. The van der Waals surface area contributed by atoms with Gasteiger partial charge >= 0.3 is 6.03 Å². The molecular formula is C17H16N2O3. The maximum absolute atomic E-state index is 12.0. The van der Waals surface area contributed by atoms with Crippen LogP contribution in [0.1, 0.15) is 12.5 Å². The fraction of sp³-hybridized carbons (Fsp3) is 0.176. The fourth-order valence-electron chi connectivity index (χ4n) is 2.56. The molecule has 5 heteroatoms. The number of imide groups is 1. The summed E-state index contributed by atoms with van der Waals surface area (Å²) in [5.74, 6) is 0.418. The van der Waals surface area contributed by atoms with Crippen LogP contribution in [0.5, 0.6) is 5.75 Å². The van der Waals surface area contributed by atoms with E-state index in [0.29, 0.717) is 0 Å². The predicted molar refractivity (Wildman–Crippen MR) is 82.5 cm³/mol. The molecule has 0 aromatic heterocycles. The molecule has 3 rings (SSSR count). The summed E-state index contributed by atoms with van der Waals surface area (Å²) in [5.41, 5.74) is 1.61. The second-order valence-corrected chi connectivity index (χ2v) is 5.35. The Kier molecular flexibility index (Phi) is 3.33.